The highest BCUT2D eigenvalue weighted by Gasteiger charge is 2.15. The molecule has 0 fully saturated rings. The van der Waals surface area contributed by atoms with Gasteiger partial charge in [0, 0.05) is 10.8 Å². The first kappa shape index (κ1) is 17.1. The summed E-state index contributed by atoms with van der Waals surface area (Å²) < 4.78 is 1.05. The van der Waals surface area contributed by atoms with E-state index in [0.29, 0.717) is 21.5 Å². The van der Waals surface area contributed by atoms with Crippen LogP contribution < -0.4 is 11.1 Å². The highest BCUT2D eigenvalue weighted by molar-refractivity contribution is 6.43. The van der Waals surface area contributed by atoms with Gasteiger partial charge in [-0.2, -0.15) is 0 Å². The molecule has 0 spiro atoms. The summed E-state index contributed by atoms with van der Waals surface area (Å²) in [6.45, 7) is 0. The number of hydrogen-bond donors (Lipinski definition) is 0. The molecule has 1 heterocycles. The molecule has 1 aromatic heterocycles. The van der Waals surface area contributed by atoms with E-state index in [0.717, 1.165) is 4.57 Å². The molecule has 128 valence electrons. The minimum Gasteiger partial charge on any atom is -0.268 e. The summed E-state index contributed by atoms with van der Waals surface area (Å²) in [5.41, 5.74) is -0.744. The van der Waals surface area contributed by atoms with Crippen molar-refractivity contribution in [3.05, 3.63) is 96.4 Å². The quantitative estimate of drug-likeness (QED) is 0.396. The van der Waals surface area contributed by atoms with Gasteiger partial charge in [-0.3, -0.25) is 9.59 Å². The van der Waals surface area contributed by atoms with Crippen molar-refractivity contribution in [2.75, 3.05) is 0 Å². The van der Waals surface area contributed by atoms with Gasteiger partial charge in [0.25, 0.3) is 11.1 Å². The van der Waals surface area contributed by atoms with Crippen LogP contribution in [0.2, 0.25) is 15.1 Å². The lowest BCUT2D eigenvalue weighted by molar-refractivity contribution is 0.976. The zero-order valence-corrected chi connectivity index (χ0v) is 15.4. The first-order valence-corrected chi connectivity index (χ1v) is 8.84. The zero-order valence-electron chi connectivity index (χ0n) is 13.2. The molecule has 4 rings (SSSR count). The maximum absolute atomic E-state index is 13.2. The minimum absolute atomic E-state index is 0.165. The molecular weight excluding hydrogens is 393 g/mol. The Labute approximate surface area is 163 Å². The molecule has 0 amide bonds. The molecule has 0 saturated heterocycles. The van der Waals surface area contributed by atoms with E-state index in [2.05, 4.69) is 0 Å². The molecule has 26 heavy (non-hydrogen) atoms. The van der Waals surface area contributed by atoms with Gasteiger partial charge in [0.05, 0.1) is 20.8 Å². The molecule has 0 atom stereocenters. The second-order valence-electron chi connectivity index (χ2n) is 5.75. The molecule has 0 aliphatic carbocycles. The third-order valence-electron chi connectivity index (χ3n) is 4.24. The molecule has 0 bridgehead atoms. The van der Waals surface area contributed by atoms with Crippen LogP contribution in [0.1, 0.15) is 0 Å². The normalized spacial score (nSPS) is 11.2. The van der Waals surface area contributed by atoms with Crippen LogP contribution in [0.15, 0.2) is 70.3 Å². The third kappa shape index (κ3) is 2.60. The number of rotatable bonds is 1. The van der Waals surface area contributed by atoms with E-state index in [4.69, 9.17) is 34.8 Å². The Hall–Kier alpha value is -2.33. The summed E-state index contributed by atoms with van der Waals surface area (Å²) in [5, 5.41) is 2.83. The fourth-order valence-electron chi connectivity index (χ4n) is 3.04. The van der Waals surface area contributed by atoms with Crippen molar-refractivity contribution in [2.24, 2.45) is 0 Å². The van der Waals surface area contributed by atoms with Gasteiger partial charge in [0.15, 0.2) is 0 Å². The van der Waals surface area contributed by atoms with E-state index in [9.17, 15) is 9.59 Å². The van der Waals surface area contributed by atoms with Crippen molar-refractivity contribution in [1.82, 2.24) is 4.57 Å². The summed E-state index contributed by atoms with van der Waals surface area (Å²) in [6.07, 6.45) is 0. The zero-order chi connectivity index (χ0) is 18.4. The molecule has 4 aromatic rings. The number of aromatic nitrogens is 1. The standard InChI is InChI=1S/C20H10Cl3NO2/c21-15-9-17(23)18(10-16(15)22)24-19(25)13-7-3-1-5-11(13)12-6-2-4-8-14(12)20(24)26/h1-10H. The Morgan fingerprint density at radius 1 is 0.577 bits per heavy atom. The van der Waals surface area contributed by atoms with Crippen molar-refractivity contribution < 1.29 is 0 Å². The maximum Gasteiger partial charge on any atom is 0.266 e. The third-order valence-corrected chi connectivity index (χ3v) is 5.27. The molecule has 0 radical (unpaired) electrons. The van der Waals surface area contributed by atoms with Crippen molar-refractivity contribution in [3.63, 3.8) is 0 Å². The smallest absolute Gasteiger partial charge is 0.266 e. The van der Waals surface area contributed by atoms with Gasteiger partial charge in [-0.15, -0.1) is 0 Å². The lowest BCUT2D eigenvalue weighted by atomic mass is 10.1. The van der Waals surface area contributed by atoms with E-state index < -0.39 is 11.1 Å². The van der Waals surface area contributed by atoms with E-state index in [1.165, 1.54) is 12.1 Å². The van der Waals surface area contributed by atoms with Gasteiger partial charge >= 0.3 is 0 Å². The first-order valence-electron chi connectivity index (χ1n) is 7.71. The predicted octanol–water partition coefficient (Wildman–Crippen LogP) is 5.46. The van der Waals surface area contributed by atoms with Crippen LogP contribution in [-0.4, -0.2) is 4.57 Å². The Morgan fingerprint density at radius 3 is 1.50 bits per heavy atom. The van der Waals surface area contributed by atoms with E-state index in [-0.39, 0.29) is 20.8 Å². The molecule has 3 aromatic carbocycles. The van der Waals surface area contributed by atoms with E-state index in [1.54, 1.807) is 24.3 Å². The van der Waals surface area contributed by atoms with Gasteiger partial charge in [-0.25, -0.2) is 4.57 Å². The summed E-state index contributed by atoms with van der Waals surface area (Å²) >= 11 is 18.4. The molecule has 0 saturated carbocycles. The molecule has 0 aliphatic heterocycles. The second-order valence-corrected chi connectivity index (χ2v) is 6.98. The summed E-state index contributed by atoms with van der Waals surface area (Å²) in [6, 6.07) is 17.0. The highest BCUT2D eigenvalue weighted by Crippen LogP contribution is 2.30. The molecule has 3 nitrogen and oxygen atoms in total. The van der Waals surface area contributed by atoms with E-state index >= 15 is 0 Å². The van der Waals surface area contributed by atoms with Gasteiger partial charge in [-0.05, 0) is 35.0 Å². The van der Waals surface area contributed by atoms with Gasteiger partial charge in [0.1, 0.15) is 0 Å². The molecule has 0 unspecified atom stereocenters. The number of halogens is 3. The van der Waals surface area contributed by atoms with E-state index in [1.807, 2.05) is 24.3 Å². The largest absolute Gasteiger partial charge is 0.268 e. The number of hydrogen-bond acceptors (Lipinski definition) is 2. The highest BCUT2D eigenvalue weighted by atomic mass is 35.5. The van der Waals surface area contributed by atoms with Crippen molar-refractivity contribution in [2.45, 2.75) is 0 Å². The van der Waals surface area contributed by atoms with Crippen LogP contribution in [0.5, 0.6) is 0 Å². The van der Waals surface area contributed by atoms with Gasteiger partial charge in [-0.1, -0.05) is 71.2 Å². The van der Waals surface area contributed by atoms with Gasteiger partial charge < -0.3 is 0 Å². The fourth-order valence-corrected chi connectivity index (χ4v) is 3.67. The summed E-state index contributed by atoms with van der Waals surface area (Å²) in [5.74, 6) is 0. The topological polar surface area (TPSA) is 39.1 Å². The fraction of sp³-hybridized carbons (Fsp3) is 0. The second kappa shape index (κ2) is 6.44. The van der Waals surface area contributed by atoms with Crippen LogP contribution in [0.25, 0.3) is 27.2 Å². The first-order chi connectivity index (χ1) is 12.5. The molecule has 0 N–H and O–H groups in total. The molecule has 6 heteroatoms. The van der Waals surface area contributed by atoms with Gasteiger partial charge in [0.2, 0.25) is 0 Å². The van der Waals surface area contributed by atoms with Crippen molar-refractivity contribution in [3.8, 4) is 5.69 Å². The molecule has 0 aliphatic rings. The minimum atomic E-state index is -0.470. The SMILES string of the molecule is O=c1c2ccccc2c2ccccc2c(=O)n1-c1cc(Cl)c(Cl)cc1Cl. The lowest BCUT2D eigenvalue weighted by Gasteiger charge is -2.07. The monoisotopic (exact) mass is 401 g/mol. The Bertz CT molecular complexity index is 1240. The maximum atomic E-state index is 13.2. The number of nitrogens with zero attached hydrogens (tertiary/aromatic N) is 1. The average molecular weight is 403 g/mol. The predicted molar refractivity (Wildman–Crippen MR) is 108 cm³/mol. The lowest BCUT2D eigenvalue weighted by Crippen LogP contribution is -2.28. The van der Waals surface area contributed by atoms with Crippen LogP contribution >= 0.6 is 34.8 Å². The average Bonchev–Trinajstić information content (AvgIpc) is 2.74. The van der Waals surface area contributed by atoms with Crippen LogP contribution in [-0.2, 0) is 0 Å². The van der Waals surface area contributed by atoms with Crippen LogP contribution in [0.4, 0.5) is 0 Å². The van der Waals surface area contributed by atoms with Crippen molar-refractivity contribution in [1.29, 1.82) is 0 Å². The van der Waals surface area contributed by atoms with Crippen molar-refractivity contribution >= 4 is 56.3 Å². The Balaban J connectivity index is 2.33. The van der Waals surface area contributed by atoms with Crippen LogP contribution in [0.3, 0.4) is 0 Å². The molecular formula is C20H10Cl3NO2. The summed E-state index contributed by atoms with van der Waals surface area (Å²) in [7, 11) is 0. The Kier molecular flexibility index (Phi) is 4.23. The van der Waals surface area contributed by atoms with Crippen LogP contribution in [0, 0.1) is 0 Å². The number of fused-ring (bicyclic) bond motifs is 3. The number of benzene rings is 3. The summed E-state index contributed by atoms with van der Waals surface area (Å²) in [4.78, 5) is 26.5. The Morgan fingerprint density at radius 2 is 1.00 bits per heavy atom.